The largest absolute Gasteiger partial charge is 0.401 e. The fourth-order valence-electron chi connectivity index (χ4n) is 2.75. The van der Waals surface area contributed by atoms with Crippen LogP contribution in [0.2, 0.25) is 0 Å². The molecule has 1 aliphatic heterocycles. The molecule has 126 valence electrons. The SMILES string of the molecule is N#Cc1ccc(C(O)CN2CCCN(CC(F)(F)F)CC2)cc1. The van der Waals surface area contributed by atoms with Gasteiger partial charge in [-0.3, -0.25) is 9.80 Å². The van der Waals surface area contributed by atoms with Gasteiger partial charge in [-0.25, -0.2) is 0 Å². The van der Waals surface area contributed by atoms with Crippen molar-refractivity contribution in [3.05, 3.63) is 35.4 Å². The summed E-state index contributed by atoms with van der Waals surface area (Å²) in [6.07, 6.45) is -4.23. The van der Waals surface area contributed by atoms with Gasteiger partial charge in [0.25, 0.3) is 0 Å². The van der Waals surface area contributed by atoms with Gasteiger partial charge in [0.05, 0.1) is 24.3 Å². The number of alkyl halides is 3. The molecular weight excluding hydrogens is 307 g/mol. The van der Waals surface area contributed by atoms with E-state index in [-0.39, 0.29) is 0 Å². The van der Waals surface area contributed by atoms with Crippen molar-refractivity contribution >= 4 is 0 Å². The summed E-state index contributed by atoms with van der Waals surface area (Å²) in [4.78, 5) is 3.40. The topological polar surface area (TPSA) is 50.5 Å². The van der Waals surface area contributed by atoms with Gasteiger partial charge in [0.15, 0.2) is 0 Å². The average Bonchev–Trinajstić information content (AvgIpc) is 2.71. The van der Waals surface area contributed by atoms with Crippen LogP contribution in [0.3, 0.4) is 0 Å². The first kappa shape index (κ1) is 17.7. The highest BCUT2D eigenvalue weighted by Gasteiger charge is 2.31. The van der Waals surface area contributed by atoms with Crippen LogP contribution in [0, 0.1) is 11.3 Å². The predicted octanol–water partition coefficient (Wildman–Crippen LogP) is 2.16. The lowest BCUT2D eigenvalue weighted by molar-refractivity contribution is -0.145. The zero-order valence-corrected chi connectivity index (χ0v) is 12.8. The second-order valence-electron chi connectivity index (χ2n) is 5.80. The summed E-state index contributed by atoms with van der Waals surface area (Å²) >= 11 is 0. The third kappa shape index (κ3) is 5.82. The zero-order chi connectivity index (χ0) is 16.9. The van der Waals surface area contributed by atoms with Crippen LogP contribution in [0.15, 0.2) is 24.3 Å². The van der Waals surface area contributed by atoms with E-state index in [9.17, 15) is 18.3 Å². The minimum absolute atomic E-state index is 0.347. The summed E-state index contributed by atoms with van der Waals surface area (Å²) in [6.45, 7) is 1.44. The maximum absolute atomic E-state index is 12.4. The lowest BCUT2D eigenvalue weighted by Gasteiger charge is -2.24. The number of aliphatic hydroxyl groups is 1. The Morgan fingerprint density at radius 1 is 1.09 bits per heavy atom. The van der Waals surface area contributed by atoms with E-state index < -0.39 is 18.8 Å². The van der Waals surface area contributed by atoms with Crippen molar-refractivity contribution in [2.45, 2.75) is 18.7 Å². The Morgan fingerprint density at radius 3 is 2.30 bits per heavy atom. The van der Waals surface area contributed by atoms with Crippen LogP contribution in [0.5, 0.6) is 0 Å². The number of nitriles is 1. The monoisotopic (exact) mass is 327 g/mol. The Kier molecular flexibility index (Phi) is 5.99. The minimum atomic E-state index is -4.17. The lowest BCUT2D eigenvalue weighted by atomic mass is 10.1. The molecule has 0 saturated carbocycles. The van der Waals surface area contributed by atoms with Crippen molar-refractivity contribution in [2.24, 2.45) is 0 Å². The molecule has 0 bridgehead atoms. The summed E-state index contributed by atoms with van der Waals surface area (Å²) in [7, 11) is 0. The number of hydrogen-bond acceptors (Lipinski definition) is 4. The molecule has 7 heteroatoms. The number of benzene rings is 1. The van der Waals surface area contributed by atoms with E-state index in [2.05, 4.69) is 0 Å². The maximum atomic E-state index is 12.4. The molecule has 1 saturated heterocycles. The van der Waals surface area contributed by atoms with E-state index in [1.807, 2.05) is 11.0 Å². The molecule has 1 unspecified atom stereocenters. The van der Waals surface area contributed by atoms with Crippen molar-refractivity contribution in [2.75, 3.05) is 39.3 Å². The predicted molar refractivity (Wildman–Crippen MR) is 79.7 cm³/mol. The van der Waals surface area contributed by atoms with Crippen LogP contribution in [-0.2, 0) is 0 Å². The first-order chi connectivity index (χ1) is 10.9. The maximum Gasteiger partial charge on any atom is 0.401 e. The van der Waals surface area contributed by atoms with Crippen LogP contribution in [0.25, 0.3) is 0 Å². The molecule has 0 aliphatic carbocycles. The van der Waals surface area contributed by atoms with Gasteiger partial charge in [-0.05, 0) is 37.2 Å². The first-order valence-electron chi connectivity index (χ1n) is 7.57. The summed E-state index contributed by atoms with van der Waals surface area (Å²) < 4.78 is 37.3. The smallest absolute Gasteiger partial charge is 0.387 e. The molecule has 0 spiro atoms. The molecule has 1 aliphatic rings. The van der Waals surface area contributed by atoms with Gasteiger partial charge >= 0.3 is 6.18 Å². The van der Waals surface area contributed by atoms with E-state index >= 15 is 0 Å². The Balaban J connectivity index is 1.86. The average molecular weight is 327 g/mol. The number of β-amino-alcohol motifs (C(OH)–C–C–N with tert-alkyl or cyclic N) is 1. The second-order valence-corrected chi connectivity index (χ2v) is 5.80. The molecule has 1 heterocycles. The number of rotatable bonds is 4. The quantitative estimate of drug-likeness (QED) is 0.921. The summed E-state index contributed by atoms with van der Waals surface area (Å²) in [5.74, 6) is 0. The molecule has 0 amide bonds. The van der Waals surface area contributed by atoms with Crippen LogP contribution >= 0.6 is 0 Å². The fraction of sp³-hybridized carbons (Fsp3) is 0.562. The number of hydrogen-bond donors (Lipinski definition) is 1. The molecule has 0 aromatic heterocycles. The minimum Gasteiger partial charge on any atom is -0.387 e. The second kappa shape index (κ2) is 7.77. The highest BCUT2D eigenvalue weighted by atomic mass is 19.4. The molecule has 1 N–H and O–H groups in total. The third-order valence-corrected chi connectivity index (χ3v) is 3.94. The standard InChI is InChI=1S/C16H20F3N3O/c17-16(18,19)12-22-7-1-6-21(8-9-22)11-15(23)14-4-2-13(10-20)3-5-14/h2-5,15,23H,1,6-9,11-12H2. The Bertz CT molecular complexity index is 539. The van der Waals surface area contributed by atoms with Crippen molar-refractivity contribution in [1.82, 2.24) is 9.80 Å². The Morgan fingerprint density at radius 2 is 1.70 bits per heavy atom. The van der Waals surface area contributed by atoms with E-state index in [0.717, 1.165) is 0 Å². The van der Waals surface area contributed by atoms with Crippen molar-refractivity contribution in [3.63, 3.8) is 0 Å². The van der Waals surface area contributed by atoms with E-state index in [0.29, 0.717) is 50.3 Å². The zero-order valence-electron chi connectivity index (χ0n) is 12.8. The van der Waals surface area contributed by atoms with Crippen LogP contribution in [0.4, 0.5) is 13.2 Å². The molecule has 4 nitrogen and oxygen atoms in total. The normalized spacial score (nSPS) is 19.1. The van der Waals surface area contributed by atoms with Crippen molar-refractivity contribution in [3.8, 4) is 6.07 Å². The van der Waals surface area contributed by atoms with Crippen molar-refractivity contribution < 1.29 is 18.3 Å². The van der Waals surface area contributed by atoms with Gasteiger partial charge in [0.2, 0.25) is 0 Å². The molecule has 2 rings (SSSR count). The van der Waals surface area contributed by atoms with E-state index in [4.69, 9.17) is 5.26 Å². The van der Waals surface area contributed by atoms with Crippen molar-refractivity contribution in [1.29, 1.82) is 5.26 Å². The Labute approximate surface area is 133 Å². The third-order valence-electron chi connectivity index (χ3n) is 3.94. The van der Waals surface area contributed by atoms with Gasteiger partial charge in [-0.2, -0.15) is 18.4 Å². The number of aliphatic hydroxyl groups excluding tert-OH is 1. The van der Waals surface area contributed by atoms with Crippen LogP contribution in [0.1, 0.15) is 23.7 Å². The summed E-state index contributed by atoms with van der Waals surface area (Å²) in [5.41, 5.74) is 1.24. The summed E-state index contributed by atoms with van der Waals surface area (Å²) in [6, 6.07) is 8.72. The van der Waals surface area contributed by atoms with E-state index in [1.54, 1.807) is 24.3 Å². The van der Waals surface area contributed by atoms with Gasteiger partial charge in [-0.1, -0.05) is 12.1 Å². The van der Waals surface area contributed by atoms with Crippen LogP contribution < -0.4 is 0 Å². The molecule has 23 heavy (non-hydrogen) atoms. The molecule has 0 radical (unpaired) electrons. The van der Waals surface area contributed by atoms with Gasteiger partial charge < -0.3 is 5.11 Å². The highest BCUT2D eigenvalue weighted by molar-refractivity contribution is 5.32. The number of halogens is 3. The fourth-order valence-corrected chi connectivity index (χ4v) is 2.75. The molecule has 1 atom stereocenters. The highest BCUT2D eigenvalue weighted by Crippen LogP contribution is 2.19. The lowest BCUT2D eigenvalue weighted by Crippen LogP contribution is -2.37. The number of nitrogens with zero attached hydrogens (tertiary/aromatic N) is 3. The summed E-state index contributed by atoms with van der Waals surface area (Å²) in [5, 5.41) is 19.0. The van der Waals surface area contributed by atoms with Gasteiger partial charge in [0, 0.05) is 19.6 Å². The first-order valence-corrected chi connectivity index (χ1v) is 7.57. The molecular formula is C16H20F3N3O. The Hall–Kier alpha value is -1.62. The van der Waals surface area contributed by atoms with Gasteiger partial charge in [0.1, 0.15) is 0 Å². The molecule has 1 fully saturated rings. The van der Waals surface area contributed by atoms with E-state index in [1.165, 1.54) is 4.90 Å². The molecule has 1 aromatic rings. The van der Waals surface area contributed by atoms with Crippen LogP contribution in [-0.4, -0.2) is 60.4 Å². The molecule has 1 aromatic carbocycles. The van der Waals surface area contributed by atoms with Gasteiger partial charge in [-0.15, -0.1) is 0 Å².